The Morgan fingerprint density at radius 3 is 1.89 bits per heavy atom. The molecule has 188 valence electrons. The fourth-order valence-corrected chi connectivity index (χ4v) is 5.28. The molecule has 3 heteroatoms. The molecule has 0 bridgehead atoms. The van der Waals surface area contributed by atoms with Gasteiger partial charge in [0.05, 0.1) is 0 Å². The van der Waals surface area contributed by atoms with E-state index in [-0.39, 0.29) is 11.9 Å². The largest absolute Gasteiger partial charge is 0.331 e. The highest BCUT2D eigenvalue weighted by Gasteiger charge is 2.29. The van der Waals surface area contributed by atoms with Crippen LogP contribution in [0.4, 0.5) is 0 Å². The van der Waals surface area contributed by atoms with Gasteiger partial charge >= 0.3 is 0 Å². The lowest BCUT2D eigenvalue weighted by molar-refractivity contribution is 0.0543. The number of hydrogen-bond acceptors (Lipinski definition) is 2. The van der Waals surface area contributed by atoms with E-state index in [0.29, 0.717) is 6.54 Å². The van der Waals surface area contributed by atoms with Gasteiger partial charge in [-0.1, -0.05) is 104 Å². The average Bonchev–Trinajstić information content (AvgIpc) is 2.97. The molecular formula is C34H36N2O. The first kappa shape index (κ1) is 25.0. The standard InChI is InChI=1S/C34H36N2O/c1-2-27-13-19-32(20-14-27)34(37)36(26-29-15-17-31(18-16-29)30-11-7-4-8-12-30)33-21-23-35(24-22-33)25-28-9-5-3-6-10-28/h3-20,33H,2,21-26H2,1H3. The quantitative estimate of drug-likeness (QED) is 0.261. The molecule has 5 rings (SSSR count). The Morgan fingerprint density at radius 1 is 0.703 bits per heavy atom. The minimum Gasteiger partial charge on any atom is -0.331 e. The normalized spacial score (nSPS) is 14.4. The fraction of sp³-hybridized carbons (Fsp3) is 0.265. The Labute approximate surface area is 221 Å². The summed E-state index contributed by atoms with van der Waals surface area (Å²) in [7, 11) is 0. The van der Waals surface area contributed by atoms with Crippen LogP contribution in [0.3, 0.4) is 0 Å². The molecule has 37 heavy (non-hydrogen) atoms. The van der Waals surface area contributed by atoms with Crippen LogP contribution >= 0.6 is 0 Å². The van der Waals surface area contributed by atoms with E-state index in [4.69, 9.17) is 0 Å². The number of rotatable bonds is 8. The van der Waals surface area contributed by atoms with E-state index in [1.807, 2.05) is 18.2 Å². The Bertz CT molecular complexity index is 1260. The lowest BCUT2D eigenvalue weighted by Gasteiger charge is -2.39. The summed E-state index contributed by atoms with van der Waals surface area (Å²) in [6.07, 6.45) is 2.97. The number of aryl methyl sites for hydroxylation is 1. The molecule has 1 heterocycles. The van der Waals surface area contributed by atoms with Crippen LogP contribution < -0.4 is 0 Å². The number of carbonyl (C=O) groups is 1. The number of carbonyl (C=O) groups excluding carboxylic acids is 1. The van der Waals surface area contributed by atoms with Gasteiger partial charge in [-0.15, -0.1) is 0 Å². The number of hydrogen-bond donors (Lipinski definition) is 0. The van der Waals surface area contributed by atoms with E-state index in [0.717, 1.165) is 44.5 Å². The zero-order valence-corrected chi connectivity index (χ0v) is 21.7. The van der Waals surface area contributed by atoms with Gasteiger partial charge in [-0.3, -0.25) is 9.69 Å². The second-order valence-corrected chi connectivity index (χ2v) is 10.0. The molecule has 1 amide bonds. The first-order valence-electron chi connectivity index (χ1n) is 13.5. The van der Waals surface area contributed by atoms with Crippen LogP contribution in [-0.4, -0.2) is 34.8 Å². The molecule has 0 unspecified atom stereocenters. The van der Waals surface area contributed by atoms with Crippen molar-refractivity contribution in [1.29, 1.82) is 0 Å². The smallest absolute Gasteiger partial charge is 0.254 e. The topological polar surface area (TPSA) is 23.6 Å². The van der Waals surface area contributed by atoms with E-state index < -0.39 is 0 Å². The minimum atomic E-state index is 0.135. The van der Waals surface area contributed by atoms with E-state index in [2.05, 4.69) is 108 Å². The zero-order chi connectivity index (χ0) is 25.5. The molecule has 1 fully saturated rings. The van der Waals surface area contributed by atoms with Crippen LogP contribution in [0.25, 0.3) is 11.1 Å². The molecule has 0 N–H and O–H groups in total. The number of likely N-dealkylation sites (tertiary alicyclic amines) is 1. The van der Waals surface area contributed by atoms with Crippen molar-refractivity contribution >= 4 is 5.91 Å². The summed E-state index contributed by atoms with van der Waals surface area (Å²) in [6, 6.07) is 38.2. The van der Waals surface area contributed by atoms with Crippen molar-refractivity contribution in [3.8, 4) is 11.1 Å². The number of nitrogens with zero attached hydrogens (tertiary/aromatic N) is 2. The highest BCUT2D eigenvalue weighted by atomic mass is 16.2. The predicted molar refractivity (Wildman–Crippen MR) is 152 cm³/mol. The molecule has 1 saturated heterocycles. The van der Waals surface area contributed by atoms with Crippen molar-refractivity contribution in [1.82, 2.24) is 9.80 Å². The van der Waals surface area contributed by atoms with Crippen molar-refractivity contribution in [3.05, 3.63) is 131 Å². The first-order chi connectivity index (χ1) is 18.2. The Balaban J connectivity index is 1.32. The van der Waals surface area contributed by atoms with Crippen LogP contribution in [0, 0.1) is 0 Å². The maximum Gasteiger partial charge on any atom is 0.254 e. The average molecular weight is 489 g/mol. The summed E-state index contributed by atoms with van der Waals surface area (Å²) < 4.78 is 0. The summed E-state index contributed by atoms with van der Waals surface area (Å²) >= 11 is 0. The van der Waals surface area contributed by atoms with Gasteiger partial charge in [0.15, 0.2) is 0 Å². The molecule has 4 aromatic carbocycles. The van der Waals surface area contributed by atoms with E-state index in [9.17, 15) is 4.79 Å². The molecule has 4 aromatic rings. The van der Waals surface area contributed by atoms with Gasteiger partial charge in [0, 0.05) is 37.8 Å². The molecule has 0 aromatic heterocycles. The van der Waals surface area contributed by atoms with Gasteiger partial charge in [0.2, 0.25) is 0 Å². The Morgan fingerprint density at radius 2 is 1.27 bits per heavy atom. The van der Waals surface area contributed by atoms with Crippen LogP contribution in [0.1, 0.15) is 46.8 Å². The highest BCUT2D eigenvalue weighted by molar-refractivity contribution is 5.94. The van der Waals surface area contributed by atoms with Gasteiger partial charge in [-0.05, 0) is 59.2 Å². The number of amides is 1. The molecular weight excluding hydrogens is 452 g/mol. The van der Waals surface area contributed by atoms with E-state index >= 15 is 0 Å². The van der Waals surface area contributed by atoms with Gasteiger partial charge in [-0.2, -0.15) is 0 Å². The maximum absolute atomic E-state index is 13.8. The summed E-state index contributed by atoms with van der Waals surface area (Å²) in [5, 5.41) is 0. The third kappa shape index (κ3) is 6.36. The van der Waals surface area contributed by atoms with Crippen molar-refractivity contribution in [2.45, 2.75) is 45.3 Å². The summed E-state index contributed by atoms with van der Waals surface area (Å²) in [5.74, 6) is 0.135. The lowest BCUT2D eigenvalue weighted by Crippen LogP contribution is -2.46. The fourth-order valence-electron chi connectivity index (χ4n) is 5.28. The molecule has 3 nitrogen and oxygen atoms in total. The second kappa shape index (κ2) is 12.0. The second-order valence-electron chi connectivity index (χ2n) is 10.0. The van der Waals surface area contributed by atoms with Gasteiger partial charge < -0.3 is 4.90 Å². The third-order valence-corrected chi connectivity index (χ3v) is 7.53. The number of benzene rings is 4. The zero-order valence-electron chi connectivity index (χ0n) is 21.7. The Kier molecular flexibility index (Phi) is 8.12. The van der Waals surface area contributed by atoms with Crippen molar-refractivity contribution in [2.75, 3.05) is 13.1 Å². The number of piperidine rings is 1. The molecule has 0 spiro atoms. The highest BCUT2D eigenvalue weighted by Crippen LogP contribution is 2.25. The van der Waals surface area contributed by atoms with Crippen LogP contribution in [-0.2, 0) is 19.5 Å². The van der Waals surface area contributed by atoms with Gasteiger partial charge in [0.25, 0.3) is 5.91 Å². The van der Waals surface area contributed by atoms with Crippen LogP contribution in [0.15, 0.2) is 109 Å². The summed E-state index contributed by atoms with van der Waals surface area (Å²) in [5.41, 5.74) is 6.97. The first-order valence-corrected chi connectivity index (χ1v) is 13.5. The molecule has 1 aliphatic heterocycles. The Hall–Kier alpha value is -3.69. The van der Waals surface area contributed by atoms with Gasteiger partial charge in [-0.25, -0.2) is 0 Å². The summed E-state index contributed by atoms with van der Waals surface area (Å²) in [6.45, 7) is 5.76. The summed E-state index contributed by atoms with van der Waals surface area (Å²) in [4.78, 5) is 18.5. The minimum absolute atomic E-state index is 0.135. The van der Waals surface area contributed by atoms with E-state index in [1.165, 1.54) is 27.8 Å². The van der Waals surface area contributed by atoms with E-state index in [1.54, 1.807) is 0 Å². The SMILES string of the molecule is CCc1ccc(C(=O)N(Cc2ccc(-c3ccccc3)cc2)C2CCN(Cc3ccccc3)CC2)cc1. The van der Waals surface area contributed by atoms with Crippen LogP contribution in [0.5, 0.6) is 0 Å². The van der Waals surface area contributed by atoms with Crippen molar-refractivity contribution in [3.63, 3.8) is 0 Å². The molecule has 0 aliphatic carbocycles. The third-order valence-electron chi connectivity index (χ3n) is 7.53. The molecule has 1 aliphatic rings. The van der Waals surface area contributed by atoms with Crippen molar-refractivity contribution in [2.24, 2.45) is 0 Å². The maximum atomic E-state index is 13.8. The van der Waals surface area contributed by atoms with Gasteiger partial charge in [0.1, 0.15) is 0 Å². The monoisotopic (exact) mass is 488 g/mol. The van der Waals surface area contributed by atoms with Crippen LogP contribution in [0.2, 0.25) is 0 Å². The molecule has 0 saturated carbocycles. The molecule has 0 atom stereocenters. The molecule has 0 radical (unpaired) electrons. The lowest BCUT2D eigenvalue weighted by atomic mass is 9.99. The predicted octanol–water partition coefficient (Wildman–Crippen LogP) is 7.22. The van der Waals surface area contributed by atoms with Crippen molar-refractivity contribution < 1.29 is 4.79 Å².